The second kappa shape index (κ2) is 5.68. The summed E-state index contributed by atoms with van der Waals surface area (Å²) in [6, 6.07) is 9.48. The molecule has 2 bridgehead atoms. The molecule has 0 saturated carbocycles. The molecule has 4 heteroatoms. The van der Waals surface area contributed by atoms with Gasteiger partial charge in [0.15, 0.2) is 0 Å². The van der Waals surface area contributed by atoms with Crippen molar-refractivity contribution in [3.63, 3.8) is 0 Å². The van der Waals surface area contributed by atoms with Gasteiger partial charge in [0.1, 0.15) is 0 Å². The number of nitrogens with one attached hydrogen (secondary N) is 1. The number of fused-ring (bicyclic) bond motifs is 2. The van der Waals surface area contributed by atoms with Gasteiger partial charge in [-0.2, -0.15) is 0 Å². The Morgan fingerprint density at radius 3 is 2.43 bits per heavy atom. The molecular weight excluding hydrogens is 262 g/mol. The zero-order valence-electron chi connectivity index (χ0n) is 13.2. The van der Waals surface area contributed by atoms with Crippen molar-refractivity contribution >= 4 is 11.6 Å². The highest BCUT2D eigenvalue weighted by Gasteiger charge is 2.36. The lowest BCUT2D eigenvalue weighted by Gasteiger charge is -2.35. The van der Waals surface area contributed by atoms with E-state index in [-0.39, 0.29) is 5.91 Å². The number of rotatable bonds is 3. The summed E-state index contributed by atoms with van der Waals surface area (Å²) in [7, 11) is 5.95. The maximum Gasteiger partial charge on any atom is 0.253 e. The third kappa shape index (κ3) is 2.91. The summed E-state index contributed by atoms with van der Waals surface area (Å²) in [4.78, 5) is 16.7. The van der Waals surface area contributed by atoms with Crippen LogP contribution >= 0.6 is 0 Å². The molecule has 2 aliphatic heterocycles. The summed E-state index contributed by atoms with van der Waals surface area (Å²) in [6.07, 6.45) is 4.71. The number of anilines is 1. The van der Waals surface area contributed by atoms with Gasteiger partial charge in [-0.3, -0.25) is 4.79 Å². The summed E-state index contributed by atoms with van der Waals surface area (Å²) in [5.74, 6) is 0.144. The van der Waals surface area contributed by atoms with Gasteiger partial charge in [-0.15, -0.1) is 0 Å². The average Bonchev–Trinajstić information content (AvgIpc) is 2.84. The highest BCUT2D eigenvalue weighted by Crippen LogP contribution is 2.30. The Kier molecular flexibility index (Phi) is 3.89. The Bertz CT molecular complexity index is 517. The van der Waals surface area contributed by atoms with Gasteiger partial charge in [-0.1, -0.05) is 6.07 Å². The Balaban J connectivity index is 1.73. The van der Waals surface area contributed by atoms with Crippen molar-refractivity contribution in [2.24, 2.45) is 0 Å². The molecule has 2 fully saturated rings. The molecule has 2 atom stereocenters. The molecule has 2 unspecified atom stereocenters. The maximum absolute atomic E-state index is 12.7. The number of carbonyl (C=O) groups excluding carboxylic acids is 1. The van der Waals surface area contributed by atoms with Crippen molar-refractivity contribution < 1.29 is 4.79 Å². The molecule has 1 N–H and O–H groups in total. The molecule has 4 nitrogen and oxygen atoms in total. The predicted octanol–water partition coefficient (Wildman–Crippen LogP) is 2.11. The van der Waals surface area contributed by atoms with Crippen LogP contribution in [-0.2, 0) is 0 Å². The van der Waals surface area contributed by atoms with E-state index in [9.17, 15) is 4.79 Å². The number of hydrogen-bond donors (Lipinski definition) is 1. The normalized spacial score (nSPS) is 27.5. The first-order chi connectivity index (χ1) is 10.0. The van der Waals surface area contributed by atoms with E-state index >= 15 is 0 Å². The SMILES string of the molecule is CN(C)c1cccc(C(=O)N(C)C2CC3CCC(C2)N3)c1. The van der Waals surface area contributed by atoms with E-state index in [2.05, 4.69) is 5.32 Å². The van der Waals surface area contributed by atoms with Crippen LogP contribution in [0.25, 0.3) is 0 Å². The van der Waals surface area contributed by atoms with Crippen LogP contribution in [-0.4, -0.2) is 50.1 Å². The summed E-state index contributed by atoms with van der Waals surface area (Å²) < 4.78 is 0. The molecule has 21 heavy (non-hydrogen) atoms. The first-order valence-electron chi connectivity index (χ1n) is 7.85. The average molecular weight is 287 g/mol. The quantitative estimate of drug-likeness (QED) is 0.925. The Morgan fingerprint density at radius 2 is 1.81 bits per heavy atom. The van der Waals surface area contributed by atoms with Crippen LogP contribution in [0.4, 0.5) is 5.69 Å². The number of amides is 1. The molecular formula is C17H25N3O. The molecule has 3 rings (SSSR count). The molecule has 2 aliphatic rings. The van der Waals surface area contributed by atoms with Crippen molar-refractivity contribution in [2.75, 3.05) is 26.0 Å². The molecule has 0 radical (unpaired) electrons. The summed E-state index contributed by atoms with van der Waals surface area (Å²) in [5.41, 5.74) is 1.86. The third-order valence-electron chi connectivity index (χ3n) is 4.93. The van der Waals surface area contributed by atoms with Crippen LogP contribution in [0.1, 0.15) is 36.0 Å². The Labute approximate surface area is 127 Å². The Hall–Kier alpha value is -1.55. The predicted molar refractivity (Wildman–Crippen MR) is 85.8 cm³/mol. The van der Waals surface area contributed by atoms with Gasteiger partial charge in [0, 0.05) is 50.5 Å². The number of carbonyl (C=O) groups is 1. The lowest BCUT2D eigenvalue weighted by molar-refractivity contribution is 0.0682. The smallest absolute Gasteiger partial charge is 0.253 e. The second-order valence-electron chi connectivity index (χ2n) is 6.62. The molecule has 114 valence electrons. The van der Waals surface area contributed by atoms with Gasteiger partial charge >= 0.3 is 0 Å². The highest BCUT2D eigenvalue weighted by molar-refractivity contribution is 5.95. The summed E-state index contributed by atoms with van der Waals surface area (Å²) in [5, 5.41) is 3.63. The zero-order chi connectivity index (χ0) is 15.0. The lowest BCUT2D eigenvalue weighted by Crippen LogP contribution is -2.48. The van der Waals surface area contributed by atoms with E-state index in [0.29, 0.717) is 18.1 Å². The lowest BCUT2D eigenvalue weighted by atomic mass is 9.98. The number of benzene rings is 1. The largest absolute Gasteiger partial charge is 0.378 e. The second-order valence-corrected chi connectivity index (χ2v) is 6.62. The van der Waals surface area contributed by atoms with E-state index < -0.39 is 0 Å². The fourth-order valence-corrected chi connectivity index (χ4v) is 3.63. The van der Waals surface area contributed by atoms with Crippen molar-refractivity contribution in [3.8, 4) is 0 Å². The molecule has 2 saturated heterocycles. The topological polar surface area (TPSA) is 35.6 Å². The van der Waals surface area contributed by atoms with Crippen molar-refractivity contribution in [1.82, 2.24) is 10.2 Å². The molecule has 0 spiro atoms. The molecule has 1 aromatic carbocycles. The minimum absolute atomic E-state index is 0.144. The minimum atomic E-state index is 0.144. The van der Waals surface area contributed by atoms with Crippen LogP contribution in [0, 0.1) is 0 Å². The van der Waals surface area contributed by atoms with Gasteiger partial charge in [0.05, 0.1) is 0 Å². The highest BCUT2D eigenvalue weighted by atomic mass is 16.2. The van der Waals surface area contributed by atoms with E-state index in [4.69, 9.17) is 0 Å². The summed E-state index contributed by atoms with van der Waals surface area (Å²) >= 11 is 0. The van der Waals surface area contributed by atoms with Gasteiger partial charge in [0.25, 0.3) is 5.91 Å². The van der Waals surface area contributed by atoms with Crippen molar-refractivity contribution in [3.05, 3.63) is 29.8 Å². The molecule has 2 heterocycles. The number of hydrogen-bond acceptors (Lipinski definition) is 3. The standard InChI is InChI=1S/C17H25N3O/c1-19(2)15-6-4-5-12(9-15)17(21)20(3)16-10-13-7-8-14(11-16)18-13/h4-6,9,13-14,16,18H,7-8,10-11H2,1-3H3. The van der Waals surface area contributed by atoms with Gasteiger partial charge in [0.2, 0.25) is 0 Å². The van der Waals surface area contributed by atoms with E-state index in [1.165, 1.54) is 12.8 Å². The molecule has 0 aromatic heterocycles. The first-order valence-corrected chi connectivity index (χ1v) is 7.85. The third-order valence-corrected chi connectivity index (χ3v) is 4.93. The van der Waals surface area contributed by atoms with E-state index in [0.717, 1.165) is 24.1 Å². The van der Waals surface area contributed by atoms with Crippen LogP contribution in [0.2, 0.25) is 0 Å². The van der Waals surface area contributed by atoms with Crippen LogP contribution in [0.3, 0.4) is 0 Å². The summed E-state index contributed by atoms with van der Waals surface area (Å²) in [6.45, 7) is 0. The monoisotopic (exact) mass is 287 g/mol. The Morgan fingerprint density at radius 1 is 1.14 bits per heavy atom. The van der Waals surface area contributed by atoms with E-state index in [1.807, 2.05) is 55.2 Å². The van der Waals surface area contributed by atoms with Crippen molar-refractivity contribution in [1.29, 1.82) is 0 Å². The van der Waals surface area contributed by atoms with Crippen LogP contribution in [0.5, 0.6) is 0 Å². The van der Waals surface area contributed by atoms with E-state index in [1.54, 1.807) is 0 Å². The number of piperidine rings is 1. The molecule has 1 aromatic rings. The molecule has 0 aliphatic carbocycles. The van der Waals surface area contributed by atoms with Gasteiger partial charge in [-0.05, 0) is 43.9 Å². The van der Waals surface area contributed by atoms with Gasteiger partial charge in [-0.25, -0.2) is 0 Å². The first kappa shape index (κ1) is 14.4. The fraction of sp³-hybridized carbons (Fsp3) is 0.588. The minimum Gasteiger partial charge on any atom is -0.378 e. The van der Waals surface area contributed by atoms with Crippen molar-refractivity contribution in [2.45, 2.75) is 43.8 Å². The van der Waals surface area contributed by atoms with Gasteiger partial charge < -0.3 is 15.1 Å². The maximum atomic E-state index is 12.7. The number of nitrogens with zero attached hydrogens (tertiary/aromatic N) is 2. The fourth-order valence-electron chi connectivity index (χ4n) is 3.63. The van der Waals surface area contributed by atoms with Crippen LogP contribution < -0.4 is 10.2 Å². The molecule has 1 amide bonds. The van der Waals surface area contributed by atoms with Crippen LogP contribution in [0.15, 0.2) is 24.3 Å². The zero-order valence-corrected chi connectivity index (χ0v) is 13.2.